The van der Waals surface area contributed by atoms with Crippen LogP contribution in [0.15, 0.2) is 309 Å². The van der Waals surface area contributed by atoms with E-state index in [1.807, 2.05) is 0 Å². The number of hydrogen-bond acceptors (Lipinski definition) is 22. The Morgan fingerprint density at radius 2 is 0.722 bits per heavy atom. The van der Waals surface area contributed by atoms with Crippen molar-refractivity contribution in [2.75, 3.05) is 23.1 Å². The zero-order valence-corrected chi connectivity index (χ0v) is 62.4. The van der Waals surface area contributed by atoms with E-state index in [9.17, 15) is 54.5 Å². The van der Waals surface area contributed by atoms with E-state index in [4.69, 9.17) is 67.2 Å². The summed E-state index contributed by atoms with van der Waals surface area (Å²) in [7, 11) is -10.6. The Kier molecular flexibility index (Phi) is 26.2. The highest BCUT2D eigenvalue weighted by molar-refractivity contribution is 7.89. The molecular weight excluding hydrogens is 1540 g/mol. The quantitative estimate of drug-likeness (QED) is 0.00706. The van der Waals surface area contributed by atoms with Gasteiger partial charge >= 0.3 is 5.97 Å². The molecule has 0 atom stereocenters. The minimum absolute atomic E-state index is 0.00404. The van der Waals surface area contributed by atoms with E-state index < -0.39 is 52.8 Å². The number of hydrogen-bond donors (Lipinski definition) is 12. The molecule has 0 heterocycles. The fourth-order valence-electron chi connectivity index (χ4n) is 11.0. The number of nitrogens with one attached hydrogen (secondary N) is 3. The van der Waals surface area contributed by atoms with Crippen molar-refractivity contribution in [2.24, 2.45) is 48.1 Å². The van der Waals surface area contributed by atoms with Crippen molar-refractivity contribution in [2.45, 2.75) is 14.7 Å². The van der Waals surface area contributed by atoms with E-state index in [-0.39, 0.29) is 77.7 Å². The molecule has 0 saturated heterocycles. The van der Waals surface area contributed by atoms with Gasteiger partial charge < -0.3 is 67.7 Å². The average molecular weight is 1610 g/mol. The van der Waals surface area contributed by atoms with Crippen LogP contribution in [-0.2, 0) is 34.8 Å². The van der Waals surface area contributed by atoms with Gasteiger partial charge in [0.05, 0.1) is 49.1 Å². The van der Waals surface area contributed by atoms with Gasteiger partial charge in [0, 0.05) is 62.5 Å². The van der Waals surface area contributed by atoms with Crippen molar-refractivity contribution in [1.29, 1.82) is 0 Å². The van der Waals surface area contributed by atoms with Crippen LogP contribution in [-0.4, -0.2) is 94.1 Å². The molecule has 0 fully saturated rings. The number of nitro groups is 1. The van der Waals surface area contributed by atoms with Gasteiger partial charge in [-0.3, -0.25) is 24.5 Å². The first-order valence-electron chi connectivity index (χ1n) is 33.4. The summed E-state index contributed by atoms with van der Waals surface area (Å²) in [5, 5.41) is 71.2. The van der Waals surface area contributed by atoms with Gasteiger partial charge in [-0.05, 0) is 144 Å². The Balaban J connectivity index is 0.000000183. The Labute approximate surface area is 656 Å². The first-order valence-corrected chi connectivity index (χ1v) is 38.1. The van der Waals surface area contributed by atoms with Gasteiger partial charge in [-0.15, -0.1) is 0 Å². The molecule has 0 aliphatic rings. The number of rotatable bonds is 23. The van der Waals surface area contributed by atoms with Crippen LogP contribution in [0, 0.1) is 10.1 Å². The molecule has 0 radical (unpaired) electrons. The number of nitrogens with zero attached hydrogens (tertiary/aromatic N) is 4. The van der Waals surface area contributed by atoms with Gasteiger partial charge in [-0.1, -0.05) is 155 Å². The van der Waals surface area contributed by atoms with E-state index >= 15 is 0 Å². The number of anilines is 3. The van der Waals surface area contributed by atoms with E-state index in [1.54, 1.807) is 212 Å². The lowest BCUT2D eigenvalue weighted by Crippen LogP contribution is -2.15. The lowest BCUT2D eigenvalue weighted by molar-refractivity contribution is -0.384. The second kappa shape index (κ2) is 36.6. The van der Waals surface area contributed by atoms with Crippen LogP contribution in [0.4, 0.5) is 22.7 Å². The fourth-order valence-corrected chi connectivity index (χ4v) is 13.3. The van der Waals surface area contributed by atoms with Gasteiger partial charge in [0.15, 0.2) is 23.3 Å². The maximum absolute atomic E-state index is 13.3. The van der Waals surface area contributed by atoms with Crippen molar-refractivity contribution < 1.29 is 83.9 Å². The number of amidine groups is 3. The first-order chi connectivity index (χ1) is 54.9. The Morgan fingerprint density at radius 1 is 0.374 bits per heavy atom. The summed E-state index contributed by atoms with van der Waals surface area (Å²) >= 11 is 0. The molecular formula is C80H67N13O19S3. The second-order valence-electron chi connectivity index (χ2n) is 24.2. The Hall–Kier alpha value is -15.1. The number of primary sulfonamides is 3. The van der Waals surface area contributed by atoms with Crippen molar-refractivity contribution in [1.82, 2.24) is 0 Å². The molecule has 12 rings (SSSR count). The molecule has 12 aromatic carbocycles. The number of methoxy groups -OCH3 is 1. The predicted octanol–water partition coefficient (Wildman–Crippen LogP) is 12.1. The van der Waals surface area contributed by atoms with Crippen molar-refractivity contribution in [3.63, 3.8) is 0 Å². The van der Waals surface area contributed by atoms with E-state index in [0.29, 0.717) is 89.9 Å². The van der Waals surface area contributed by atoms with Gasteiger partial charge in [0.2, 0.25) is 30.1 Å². The molecule has 18 N–H and O–H groups in total. The summed E-state index contributed by atoms with van der Waals surface area (Å²) in [4.78, 5) is 62.2. The zero-order chi connectivity index (χ0) is 82.7. The van der Waals surface area contributed by atoms with Gasteiger partial charge in [0.1, 0.15) is 28.7 Å². The lowest BCUT2D eigenvalue weighted by Gasteiger charge is -2.14. The number of para-hydroxylation sites is 2. The van der Waals surface area contributed by atoms with Crippen LogP contribution < -0.4 is 62.8 Å². The molecule has 0 bridgehead atoms. The normalized spacial score (nSPS) is 11.6. The monoisotopic (exact) mass is 1610 g/mol. The number of non-ortho nitro benzene ring substituents is 1. The number of nitrogens with two attached hydrogens (primary N) is 6. The van der Waals surface area contributed by atoms with Crippen LogP contribution >= 0.6 is 0 Å². The van der Waals surface area contributed by atoms with E-state index in [2.05, 4.69) is 31.4 Å². The molecule has 115 heavy (non-hydrogen) atoms. The largest absolute Gasteiger partial charge is 0.465 e. The molecule has 0 spiro atoms. The Bertz CT molecular complexity index is 6160. The van der Waals surface area contributed by atoms with Crippen molar-refractivity contribution in [3.05, 3.63) is 328 Å². The standard InChI is InChI=1S/C28H24N4O7S.C26H21N5O7S.C26H22N4O5S/c1-38-28(34)19-11-14-24(39-21-6-4-5-18(15-21)26(29)32-35)23(16-19)27(33)31-20-12-9-17(10-13-20)22-7-2-3-8-25(22)40(30,36)37;27-25(30-33)17-4-3-5-20(14-17)38-23-13-12-19(31(34)35)15-22(23)26(32)29-18-10-8-16(9-11-18)21-6-1-2-7-24(21)39(28,36)37;27-25(30-32)19-6-5-7-20(16-19)35-23-10-3-2-9-22(23)29-26(31)18-14-12-17(13-15-18)21-8-1-4-11-24(21)36(28,33)34/h2-16,35H,1H3,(H2,29,32)(H,31,33)(H2,30,36,37);1-15,33H,(H2,27,30)(H,29,32)(H2,28,36,37);1-16,32H,(H2,27,30)(H,29,31)(H2,28,33,34). The van der Waals surface area contributed by atoms with Crippen molar-refractivity contribution >= 4 is 94.0 Å². The van der Waals surface area contributed by atoms with Crippen LogP contribution in [0.25, 0.3) is 33.4 Å². The smallest absolute Gasteiger partial charge is 0.337 e. The summed E-state index contributed by atoms with van der Waals surface area (Å²) in [5.41, 5.74) is 22.3. The van der Waals surface area contributed by atoms with E-state index in [0.717, 1.165) is 6.07 Å². The number of oxime groups is 3. The third-order valence-electron chi connectivity index (χ3n) is 16.5. The van der Waals surface area contributed by atoms with Crippen LogP contribution in [0.5, 0.6) is 34.5 Å². The molecule has 3 amide bonds. The third kappa shape index (κ3) is 21.3. The minimum atomic E-state index is -3.96. The number of benzene rings is 12. The third-order valence-corrected chi connectivity index (χ3v) is 19.4. The van der Waals surface area contributed by atoms with Gasteiger partial charge in [-0.25, -0.2) is 45.5 Å². The second-order valence-corrected chi connectivity index (χ2v) is 28.8. The van der Waals surface area contributed by atoms with Gasteiger partial charge in [-0.2, -0.15) is 0 Å². The van der Waals surface area contributed by atoms with Crippen molar-refractivity contribution in [3.8, 4) is 67.9 Å². The number of carbonyl (C=O) groups excluding carboxylic acids is 4. The number of carbonyl (C=O) groups is 4. The molecule has 32 nitrogen and oxygen atoms in total. The summed E-state index contributed by atoms with van der Waals surface area (Å²) in [6.07, 6.45) is 0. The number of sulfonamides is 3. The van der Waals surface area contributed by atoms with Gasteiger partial charge in [0.25, 0.3) is 23.4 Å². The zero-order valence-electron chi connectivity index (χ0n) is 59.9. The topological polar surface area (TPSA) is 541 Å². The number of amides is 3. The molecule has 35 heteroatoms. The van der Waals surface area contributed by atoms with Crippen LogP contribution in [0.1, 0.15) is 58.1 Å². The van der Waals surface area contributed by atoms with E-state index in [1.165, 1.54) is 67.8 Å². The molecule has 0 aliphatic carbocycles. The van der Waals surface area contributed by atoms with Crippen LogP contribution in [0.3, 0.4) is 0 Å². The molecule has 0 aliphatic heterocycles. The highest BCUT2D eigenvalue weighted by Crippen LogP contribution is 2.36. The number of esters is 1. The highest BCUT2D eigenvalue weighted by atomic mass is 32.2. The minimum Gasteiger partial charge on any atom is -0.465 e. The molecule has 0 saturated carbocycles. The van der Waals surface area contributed by atoms with Crippen LogP contribution in [0.2, 0.25) is 0 Å². The molecule has 0 unspecified atom stereocenters. The summed E-state index contributed by atoms with van der Waals surface area (Å²) < 4.78 is 94.1. The maximum atomic E-state index is 13.3. The summed E-state index contributed by atoms with van der Waals surface area (Å²) in [6.45, 7) is 0. The molecule has 12 aromatic rings. The maximum Gasteiger partial charge on any atom is 0.337 e. The highest BCUT2D eigenvalue weighted by Gasteiger charge is 2.24. The summed E-state index contributed by atoms with van der Waals surface area (Å²) in [5.74, 6) is -1.16. The number of ether oxygens (including phenoxy) is 4. The molecule has 0 aromatic heterocycles. The molecule has 584 valence electrons. The fraction of sp³-hybridized carbons (Fsp3) is 0.0125. The Morgan fingerprint density at radius 3 is 1.10 bits per heavy atom. The predicted molar refractivity (Wildman–Crippen MR) is 428 cm³/mol. The average Bonchev–Trinajstić information content (AvgIpc) is 0.816. The SMILES string of the molecule is COC(=O)c1ccc(Oc2cccc(C(N)=NO)c2)c(C(=O)Nc2ccc(-c3ccccc3S(N)(=O)=O)cc2)c1.NC(=NO)c1cccc(Oc2ccc([N+](=O)[O-])cc2C(=O)Nc2ccc(-c3ccccc3S(N)(=O)=O)cc2)c1.NC(=NO)c1cccc(Oc2ccccc2NC(=O)c2ccc(-c3ccccc3S(N)(=O)=O)cc2)c1. The number of nitro benzene ring substituents is 1. The first kappa shape index (κ1) is 82.4. The summed E-state index contributed by atoms with van der Waals surface area (Å²) in [6, 6.07) is 72.1. The lowest BCUT2D eigenvalue weighted by atomic mass is 10.0.